The molecule has 0 aromatic carbocycles. The van der Waals surface area contributed by atoms with Gasteiger partial charge in [-0.05, 0) is 25.3 Å². The lowest BCUT2D eigenvalue weighted by Gasteiger charge is -2.09. The monoisotopic (exact) mass is 211 g/mol. The fourth-order valence-electron chi connectivity index (χ4n) is 0.966. The molecule has 1 aromatic heterocycles. The molecule has 4 heteroatoms. The van der Waals surface area contributed by atoms with Crippen molar-refractivity contribution in [1.29, 1.82) is 0 Å². The second-order valence-corrected chi connectivity index (χ2v) is 4.19. The highest BCUT2D eigenvalue weighted by Crippen LogP contribution is 2.08. The van der Waals surface area contributed by atoms with E-state index in [4.69, 9.17) is 0 Å². The van der Waals surface area contributed by atoms with Crippen molar-refractivity contribution >= 4 is 23.0 Å². The first kappa shape index (κ1) is 10.9. The number of rotatable bonds is 4. The van der Waals surface area contributed by atoms with E-state index in [0.717, 1.165) is 4.88 Å². The van der Waals surface area contributed by atoms with Crippen LogP contribution in [-0.4, -0.2) is 17.7 Å². The largest absolute Gasteiger partial charge is 0.346 e. The van der Waals surface area contributed by atoms with Crippen LogP contribution >= 0.6 is 11.3 Å². The highest BCUT2D eigenvalue weighted by Gasteiger charge is 2.11. The normalized spacial score (nSPS) is 12.1. The highest BCUT2D eigenvalue weighted by atomic mass is 32.1. The van der Waals surface area contributed by atoms with Crippen LogP contribution in [0.15, 0.2) is 17.5 Å². The van der Waals surface area contributed by atoms with Gasteiger partial charge in [-0.1, -0.05) is 6.07 Å². The number of thiophene rings is 1. The molecule has 1 unspecified atom stereocenters. The van der Waals surface area contributed by atoms with Gasteiger partial charge >= 0.3 is 0 Å². The Bertz CT molecular complexity index is 319. The van der Waals surface area contributed by atoms with Gasteiger partial charge < -0.3 is 5.32 Å². The molecule has 1 aromatic rings. The maximum Gasteiger partial charge on any atom is 0.225 e. The second kappa shape index (κ2) is 4.91. The zero-order chi connectivity index (χ0) is 10.6. The van der Waals surface area contributed by atoms with Crippen LogP contribution in [0.2, 0.25) is 0 Å². The van der Waals surface area contributed by atoms with E-state index in [9.17, 15) is 9.59 Å². The number of ketones is 1. The van der Waals surface area contributed by atoms with Crippen molar-refractivity contribution in [2.24, 2.45) is 0 Å². The molecule has 0 fully saturated rings. The molecule has 0 spiro atoms. The van der Waals surface area contributed by atoms with Crippen LogP contribution in [0.25, 0.3) is 0 Å². The lowest BCUT2D eigenvalue weighted by Crippen LogP contribution is -2.38. The molecule has 1 amide bonds. The Hall–Kier alpha value is -1.16. The lowest BCUT2D eigenvalue weighted by atomic mass is 10.2. The number of nitrogens with one attached hydrogen (secondary N) is 1. The minimum atomic E-state index is -0.387. The first-order valence-electron chi connectivity index (χ1n) is 4.42. The van der Waals surface area contributed by atoms with E-state index in [0.29, 0.717) is 6.42 Å². The van der Waals surface area contributed by atoms with Gasteiger partial charge in [-0.15, -0.1) is 11.3 Å². The summed E-state index contributed by atoms with van der Waals surface area (Å²) >= 11 is 1.54. The number of amides is 1. The molecule has 14 heavy (non-hydrogen) atoms. The minimum absolute atomic E-state index is 0.0236. The topological polar surface area (TPSA) is 46.2 Å². The Kier molecular flexibility index (Phi) is 3.83. The van der Waals surface area contributed by atoms with Gasteiger partial charge in [-0.3, -0.25) is 9.59 Å². The van der Waals surface area contributed by atoms with Crippen LogP contribution in [0.4, 0.5) is 0 Å². The van der Waals surface area contributed by atoms with Gasteiger partial charge in [0.2, 0.25) is 5.91 Å². The molecule has 0 aliphatic heterocycles. The van der Waals surface area contributed by atoms with Gasteiger partial charge in [0.05, 0.1) is 12.5 Å². The average Bonchev–Trinajstić information content (AvgIpc) is 2.56. The van der Waals surface area contributed by atoms with E-state index in [1.165, 1.54) is 6.92 Å². The Balaban J connectivity index is 2.40. The molecule has 0 saturated carbocycles. The van der Waals surface area contributed by atoms with E-state index >= 15 is 0 Å². The Morgan fingerprint density at radius 1 is 1.57 bits per heavy atom. The molecule has 76 valence electrons. The number of carbonyl (C=O) groups excluding carboxylic acids is 2. The molecule has 0 aliphatic rings. The SMILES string of the molecule is CC(=O)C(C)NC(=O)Cc1cccs1. The number of carbonyl (C=O) groups is 2. The first-order chi connectivity index (χ1) is 6.59. The second-order valence-electron chi connectivity index (χ2n) is 3.16. The van der Waals surface area contributed by atoms with Gasteiger partial charge in [0.15, 0.2) is 5.78 Å². The molecular weight excluding hydrogens is 198 g/mol. The highest BCUT2D eigenvalue weighted by molar-refractivity contribution is 7.10. The van der Waals surface area contributed by atoms with Crippen molar-refractivity contribution in [3.05, 3.63) is 22.4 Å². The number of Topliss-reactive ketones (excluding diaryl/α,β-unsaturated/α-hetero) is 1. The van der Waals surface area contributed by atoms with E-state index in [-0.39, 0.29) is 17.7 Å². The van der Waals surface area contributed by atoms with E-state index in [1.54, 1.807) is 18.3 Å². The summed E-state index contributed by atoms with van der Waals surface area (Å²) in [4.78, 5) is 23.3. The quantitative estimate of drug-likeness (QED) is 0.818. The van der Waals surface area contributed by atoms with Crippen LogP contribution in [-0.2, 0) is 16.0 Å². The molecule has 0 aliphatic carbocycles. The maximum absolute atomic E-state index is 11.4. The summed E-state index contributed by atoms with van der Waals surface area (Å²) in [7, 11) is 0. The molecule has 1 heterocycles. The minimum Gasteiger partial charge on any atom is -0.346 e. The first-order valence-corrected chi connectivity index (χ1v) is 5.29. The molecule has 0 saturated heterocycles. The number of hydrogen-bond acceptors (Lipinski definition) is 3. The Labute approximate surface area is 87.1 Å². The van der Waals surface area contributed by atoms with Crippen LogP contribution < -0.4 is 5.32 Å². The molecule has 3 nitrogen and oxygen atoms in total. The predicted octanol–water partition coefficient (Wildman–Crippen LogP) is 1.38. The third kappa shape index (κ3) is 3.30. The third-order valence-electron chi connectivity index (χ3n) is 1.90. The lowest BCUT2D eigenvalue weighted by molar-refractivity contribution is -0.126. The molecule has 1 rings (SSSR count). The van der Waals surface area contributed by atoms with Gasteiger partial charge in [0.25, 0.3) is 0 Å². The smallest absolute Gasteiger partial charge is 0.225 e. The summed E-state index contributed by atoms with van der Waals surface area (Å²) in [5.74, 6) is -0.125. The zero-order valence-corrected chi connectivity index (χ0v) is 9.06. The summed E-state index contributed by atoms with van der Waals surface area (Å²) < 4.78 is 0. The summed E-state index contributed by atoms with van der Waals surface area (Å²) in [6.07, 6.45) is 0.356. The Morgan fingerprint density at radius 3 is 2.79 bits per heavy atom. The zero-order valence-electron chi connectivity index (χ0n) is 8.24. The van der Waals surface area contributed by atoms with Crippen molar-refractivity contribution in [1.82, 2.24) is 5.32 Å². The van der Waals surface area contributed by atoms with Crippen molar-refractivity contribution in [3.8, 4) is 0 Å². The van der Waals surface area contributed by atoms with Crippen LogP contribution in [0.1, 0.15) is 18.7 Å². The fraction of sp³-hybridized carbons (Fsp3) is 0.400. The Morgan fingerprint density at radius 2 is 2.29 bits per heavy atom. The van der Waals surface area contributed by atoms with E-state index < -0.39 is 0 Å². The summed E-state index contributed by atoms with van der Waals surface area (Å²) in [5.41, 5.74) is 0. The van der Waals surface area contributed by atoms with E-state index in [1.807, 2.05) is 17.5 Å². The van der Waals surface area contributed by atoms with Crippen molar-refractivity contribution in [2.45, 2.75) is 26.3 Å². The summed E-state index contributed by atoms with van der Waals surface area (Å²) in [5, 5.41) is 4.56. The van der Waals surface area contributed by atoms with Crippen LogP contribution in [0, 0.1) is 0 Å². The van der Waals surface area contributed by atoms with Crippen LogP contribution in [0.3, 0.4) is 0 Å². The van der Waals surface area contributed by atoms with Gasteiger partial charge in [-0.2, -0.15) is 0 Å². The molecule has 1 N–H and O–H groups in total. The van der Waals surface area contributed by atoms with Gasteiger partial charge in [-0.25, -0.2) is 0 Å². The average molecular weight is 211 g/mol. The van der Waals surface area contributed by atoms with Gasteiger partial charge in [0, 0.05) is 4.88 Å². The fourth-order valence-corrected chi connectivity index (χ4v) is 1.67. The number of hydrogen-bond donors (Lipinski definition) is 1. The van der Waals surface area contributed by atoms with Crippen LogP contribution in [0.5, 0.6) is 0 Å². The van der Waals surface area contributed by atoms with Crippen molar-refractivity contribution in [2.75, 3.05) is 0 Å². The maximum atomic E-state index is 11.4. The summed E-state index contributed by atoms with van der Waals surface area (Å²) in [6.45, 7) is 3.16. The van der Waals surface area contributed by atoms with E-state index in [2.05, 4.69) is 5.32 Å². The third-order valence-corrected chi connectivity index (χ3v) is 2.78. The van der Waals surface area contributed by atoms with Gasteiger partial charge in [0.1, 0.15) is 0 Å². The van der Waals surface area contributed by atoms with Crippen molar-refractivity contribution in [3.63, 3.8) is 0 Å². The standard InChI is InChI=1S/C10H13NO2S/c1-7(8(2)12)11-10(13)6-9-4-3-5-14-9/h3-5,7H,6H2,1-2H3,(H,11,13). The molecule has 0 radical (unpaired) electrons. The predicted molar refractivity (Wildman–Crippen MR) is 56.3 cm³/mol. The molecular formula is C10H13NO2S. The van der Waals surface area contributed by atoms with Crippen molar-refractivity contribution < 1.29 is 9.59 Å². The summed E-state index contributed by atoms with van der Waals surface area (Å²) in [6, 6.07) is 3.42. The molecule has 0 bridgehead atoms. The molecule has 1 atom stereocenters.